The molecule has 0 aromatic rings. The summed E-state index contributed by atoms with van der Waals surface area (Å²) in [6.07, 6.45) is 11.3. The first-order chi connectivity index (χ1) is 10.0. The van der Waals surface area contributed by atoms with Crippen molar-refractivity contribution in [3.63, 3.8) is 0 Å². The Hall–Kier alpha value is -1.24. The Kier molecular flexibility index (Phi) is 7.56. The average molecular weight is 287 g/mol. The van der Waals surface area contributed by atoms with E-state index in [9.17, 15) is 0 Å². The van der Waals surface area contributed by atoms with Crippen LogP contribution in [0.15, 0.2) is 48.2 Å². The Morgan fingerprint density at radius 2 is 2.00 bits per heavy atom. The topological polar surface area (TPSA) is 12.0 Å². The van der Waals surface area contributed by atoms with Crippen LogP contribution in [0.1, 0.15) is 53.4 Å². The van der Waals surface area contributed by atoms with E-state index in [1.54, 1.807) is 0 Å². The lowest BCUT2D eigenvalue weighted by Crippen LogP contribution is -2.25. The highest BCUT2D eigenvalue weighted by Crippen LogP contribution is 2.37. The maximum atomic E-state index is 4.11. The second-order valence-corrected chi connectivity index (χ2v) is 6.49. The van der Waals surface area contributed by atoms with Gasteiger partial charge in [-0.1, -0.05) is 52.5 Å². The standard InChI is InChI=1S/C20H33N/c1-7-10-19(15(4)5)20(11-8-2)21-14-18-13-17(9-3)12-16(18)6/h8,10-11,16-18,21H,2,4,7,9,12-14H2,1,3,5-6H3/b19-10+,20-11+. The lowest BCUT2D eigenvalue weighted by Gasteiger charge is -2.20. The molecule has 1 heteroatoms. The van der Waals surface area contributed by atoms with Gasteiger partial charge in [-0.05, 0) is 61.2 Å². The minimum atomic E-state index is 0.788. The molecular formula is C20H33N. The van der Waals surface area contributed by atoms with Crippen LogP contribution in [-0.4, -0.2) is 6.54 Å². The zero-order chi connectivity index (χ0) is 15.8. The first-order valence-electron chi connectivity index (χ1n) is 8.46. The van der Waals surface area contributed by atoms with Crippen molar-refractivity contribution in [2.75, 3.05) is 6.54 Å². The summed E-state index contributed by atoms with van der Waals surface area (Å²) in [7, 11) is 0. The largest absolute Gasteiger partial charge is 0.384 e. The predicted molar refractivity (Wildman–Crippen MR) is 95.1 cm³/mol. The molecule has 1 fully saturated rings. The van der Waals surface area contributed by atoms with Crippen LogP contribution in [-0.2, 0) is 0 Å². The normalized spacial score (nSPS) is 26.8. The Bertz CT molecular complexity index is 414. The van der Waals surface area contributed by atoms with Crippen LogP contribution in [0.3, 0.4) is 0 Å². The molecule has 0 bridgehead atoms. The third kappa shape index (κ3) is 5.22. The van der Waals surface area contributed by atoms with Crippen molar-refractivity contribution < 1.29 is 0 Å². The summed E-state index contributed by atoms with van der Waals surface area (Å²) in [5.74, 6) is 2.54. The van der Waals surface area contributed by atoms with Gasteiger partial charge in [0.15, 0.2) is 0 Å². The van der Waals surface area contributed by atoms with Crippen LogP contribution < -0.4 is 5.32 Å². The molecular weight excluding hydrogens is 254 g/mol. The molecule has 0 spiro atoms. The van der Waals surface area contributed by atoms with Crippen LogP contribution in [0.25, 0.3) is 0 Å². The summed E-state index contributed by atoms with van der Waals surface area (Å²) >= 11 is 0. The summed E-state index contributed by atoms with van der Waals surface area (Å²) in [5.41, 5.74) is 3.52. The summed E-state index contributed by atoms with van der Waals surface area (Å²) < 4.78 is 0. The number of nitrogens with one attached hydrogen (secondary N) is 1. The molecule has 0 radical (unpaired) electrons. The highest BCUT2D eigenvalue weighted by molar-refractivity contribution is 5.44. The molecule has 0 aliphatic heterocycles. The second-order valence-electron chi connectivity index (χ2n) is 6.49. The van der Waals surface area contributed by atoms with E-state index in [1.807, 2.05) is 6.08 Å². The number of rotatable bonds is 8. The zero-order valence-corrected chi connectivity index (χ0v) is 14.4. The summed E-state index contributed by atoms with van der Waals surface area (Å²) in [6.45, 7) is 18.0. The van der Waals surface area contributed by atoms with Crippen LogP contribution in [0.2, 0.25) is 0 Å². The van der Waals surface area contributed by atoms with E-state index in [0.717, 1.165) is 36.3 Å². The summed E-state index contributed by atoms with van der Waals surface area (Å²) in [6, 6.07) is 0. The third-order valence-corrected chi connectivity index (χ3v) is 4.72. The highest BCUT2D eigenvalue weighted by Gasteiger charge is 2.30. The molecule has 1 rings (SSSR count). The molecule has 3 atom stereocenters. The smallest absolute Gasteiger partial charge is 0.0412 e. The molecule has 1 aliphatic rings. The predicted octanol–water partition coefficient (Wildman–Crippen LogP) is 5.63. The van der Waals surface area contributed by atoms with Crippen molar-refractivity contribution in [3.8, 4) is 0 Å². The Balaban J connectivity index is 2.72. The van der Waals surface area contributed by atoms with E-state index >= 15 is 0 Å². The Morgan fingerprint density at radius 3 is 2.48 bits per heavy atom. The van der Waals surface area contributed by atoms with Crippen molar-refractivity contribution in [1.82, 2.24) is 5.32 Å². The lowest BCUT2D eigenvalue weighted by molar-refractivity contribution is 0.406. The lowest BCUT2D eigenvalue weighted by atomic mass is 9.97. The van der Waals surface area contributed by atoms with Gasteiger partial charge in [-0.25, -0.2) is 0 Å². The number of allylic oxidation sites excluding steroid dienone is 4. The van der Waals surface area contributed by atoms with Gasteiger partial charge in [0.25, 0.3) is 0 Å². The molecule has 0 amide bonds. The van der Waals surface area contributed by atoms with Crippen molar-refractivity contribution in [2.45, 2.75) is 53.4 Å². The fourth-order valence-corrected chi connectivity index (χ4v) is 3.41. The van der Waals surface area contributed by atoms with E-state index in [2.05, 4.69) is 58.3 Å². The minimum absolute atomic E-state index is 0.788. The minimum Gasteiger partial charge on any atom is -0.384 e. The summed E-state index contributed by atoms with van der Waals surface area (Å²) in [5, 5.41) is 3.66. The molecule has 118 valence electrons. The second kappa shape index (κ2) is 8.92. The maximum absolute atomic E-state index is 4.11. The third-order valence-electron chi connectivity index (χ3n) is 4.72. The fraction of sp³-hybridized carbons (Fsp3) is 0.600. The van der Waals surface area contributed by atoms with Gasteiger partial charge in [-0.3, -0.25) is 0 Å². The van der Waals surface area contributed by atoms with E-state index in [4.69, 9.17) is 0 Å². The molecule has 0 aromatic carbocycles. The molecule has 3 unspecified atom stereocenters. The van der Waals surface area contributed by atoms with Crippen molar-refractivity contribution in [1.29, 1.82) is 0 Å². The van der Waals surface area contributed by atoms with Crippen molar-refractivity contribution >= 4 is 0 Å². The van der Waals surface area contributed by atoms with Gasteiger partial charge in [-0.2, -0.15) is 0 Å². The monoisotopic (exact) mass is 287 g/mol. The first kappa shape index (κ1) is 17.8. The van der Waals surface area contributed by atoms with Gasteiger partial charge in [0.05, 0.1) is 0 Å². The van der Waals surface area contributed by atoms with Crippen LogP contribution in [0, 0.1) is 17.8 Å². The number of hydrogen-bond acceptors (Lipinski definition) is 1. The van der Waals surface area contributed by atoms with E-state index < -0.39 is 0 Å². The summed E-state index contributed by atoms with van der Waals surface area (Å²) in [4.78, 5) is 0. The fourth-order valence-electron chi connectivity index (χ4n) is 3.41. The van der Waals surface area contributed by atoms with Crippen LogP contribution in [0.5, 0.6) is 0 Å². The van der Waals surface area contributed by atoms with E-state index in [0.29, 0.717) is 0 Å². The SMILES string of the molecule is C=C/C=C(NCC1CC(CC)CC1C)\C(=C\CC)C(=C)C. The van der Waals surface area contributed by atoms with Gasteiger partial charge in [0, 0.05) is 12.2 Å². The van der Waals surface area contributed by atoms with Crippen molar-refractivity contribution in [2.24, 2.45) is 17.8 Å². The first-order valence-corrected chi connectivity index (χ1v) is 8.46. The number of hydrogen-bond donors (Lipinski definition) is 1. The molecule has 1 aliphatic carbocycles. The quantitative estimate of drug-likeness (QED) is 0.570. The van der Waals surface area contributed by atoms with Gasteiger partial charge in [0.1, 0.15) is 0 Å². The molecule has 1 nitrogen and oxygen atoms in total. The Labute approximate surface area is 131 Å². The van der Waals surface area contributed by atoms with Gasteiger partial charge in [0.2, 0.25) is 0 Å². The van der Waals surface area contributed by atoms with Crippen LogP contribution in [0.4, 0.5) is 0 Å². The van der Waals surface area contributed by atoms with E-state index in [1.165, 1.54) is 30.5 Å². The average Bonchev–Trinajstić information content (AvgIpc) is 2.81. The van der Waals surface area contributed by atoms with Crippen molar-refractivity contribution in [3.05, 3.63) is 48.2 Å². The molecule has 1 saturated carbocycles. The van der Waals surface area contributed by atoms with Gasteiger partial charge >= 0.3 is 0 Å². The molecule has 1 N–H and O–H groups in total. The molecule has 0 aromatic heterocycles. The van der Waals surface area contributed by atoms with Crippen LogP contribution >= 0.6 is 0 Å². The van der Waals surface area contributed by atoms with E-state index in [-0.39, 0.29) is 0 Å². The Morgan fingerprint density at radius 1 is 1.29 bits per heavy atom. The van der Waals surface area contributed by atoms with Gasteiger partial charge in [-0.15, -0.1) is 0 Å². The highest BCUT2D eigenvalue weighted by atomic mass is 14.9. The zero-order valence-electron chi connectivity index (χ0n) is 14.4. The molecule has 0 heterocycles. The molecule has 0 saturated heterocycles. The van der Waals surface area contributed by atoms with Gasteiger partial charge < -0.3 is 5.32 Å². The molecule has 21 heavy (non-hydrogen) atoms. The maximum Gasteiger partial charge on any atom is 0.0412 e.